The molecule has 2 aromatic heterocycles. The van der Waals surface area contributed by atoms with Gasteiger partial charge in [0.05, 0.1) is 29.6 Å². The van der Waals surface area contributed by atoms with Gasteiger partial charge in [-0.25, -0.2) is 4.98 Å². The number of fused-ring (bicyclic) bond motifs is 1. The number of ether oxygens (including phenoxy) is 1. The number of nitrogens with two attached hydrogens (primary N) is 1. The molecular weight excluding hydrogens is 389 g/mol. The maximum absolute atomic E-state index is 13.0. The van der Waals surface area contributed by atoms with E-state index in [1.54, 1.807) is 0 Å². The monoisotopic (exact) mass is 406 g/mol. The zero-order valence-corrected chi connectivity index (χ0v) is 15.1. The van der Waals surface area contributed by atoms with E-state index in [9.17, 15) is 23.1 Å². The third-order valence-corrected chi connectivity index (χ3v) is 4.95. The van der Waals surface area contributed by atoms with Crippen molar-refractivity contribution in [1.82, 2.24) is 14.5 Å². The number of hydrogen-bond acceptors (Lipinski definition) is 6. The number of alkyl halides is 3. The molecule has 152 valence electrons. The summed E-state index contributed by atoms with van der Waals surface area (Å²) in [6, 6.07) is 4.49. The fourth-order valence-electron chi connectivity index (χ4n) is 3.37. The van der Waals surface area contributed by atoms with Gasteiger partial charge in [0.2, 0.25) is 5.95 Å². The molecule has 10 heteroatoms. The first-order valence-corrected chi connectivity index (χ1v) is 8.80. The summed E-state index contributed by atoms with van der Waals surface area (Å²) in [6.45, 7) is 0.387. The third-order valence-electron chi connectivity index (χ3n) is 4.95. The summed E-state index contributed by atoms with van der Waals surface area (Å²) in [6.07, 6.45) is -1.35. The summed E-state index contributed by atoms with van der Waals surface area (Å²) in [4.78, 5) is 21.3. The van der Waals surface area contributed by atoms with Crippen molar-refractivity contribution in [3.8, 4) is 11.1 Å². The molecule has 0 amide bonds. The molecule has 1 atom stereocenters. The van der Waals surface area contributed by atoms with Crippen LogP contribution in [0.2, 0.25) is 0 Å². The Morgan fingerprint density at radius 2 is 1.97 bits per heavy atom. The Morgan fingerprint density at radius 3 is 2.59 bits per heavy atom. The minimum absolute atomic E-state index is 0.0783. The highest BCUT2D eigenvalue weighted by Crippen LogP contribution is 2.32. The maximum Gasteiger partial charge on any atom is 0.416 e. The Bertz CT molecular complexity index is 1120. The molecule has 3 aromatic rings. The summed E-state index contributed by atoms with van der Waals surface area (Å²) in [7, 11) is 0. The van der Waals surface area contributed by atoms with Crippen LogP contribution in [0.4, 0.5) is 19.1 Å². The van der Waals surface area contributed by atoms with Gasteiger partial charge in [0.15, 0.2) is 0 Å². The number of halogens is 3. The molecule has 0 bridgehead atoms. The molecule has 1 aromatic carbocycles. The van der Waals surface area contributed by atoms with Crippen molar-refractivity contribution in [3.05, 3.63) is 52.6 Å². The van der Waals surface area contributed by atoms with Gasteiger partial charge in [-0.2, -0.15) is 13.2 Å². The minimum atomic E-state index is -4.45. The van der Waals surface area contributed by atoms with Gasteiger partial charge in [0.25, 0.3) is 5.56 Å². The minimum Gasteiger partial charge on any atom is -0.386 e. The number of anilines is 1. The largest absolute Gasteiger partial charge is 0.416 e. The van der Waals surface area contributed by atoms with Crippen LogP contribution in [0, 0.1) is 0 Å². The Balaban J connectivity index is 1.81. The molecule has 29 heavy (non-hydrogen) atoms. The van der Waals surface area contributed by atoms with Gasteiger partial charge in [-0.3, -0.25) is 14.3 Å². The molecule has 1 saturated heterocycles. The van der Waals surface area contributed by atoms with Crippen LogP contribution in [0.1, 0.15) is 12.0 Å². The molecular formula is C19H17F3N4O3. The molecule has 3 N–H and O–H groups in total. The SMILES string of the molecule is Nc1nc2c(-c3ccc(C(F)(F)F)cc3)cncc2c(=O)n1CC1(O)CCOC1. The van der Waals surface area contributed by atoms with Gasteiger partial charge in [0.1, 0.15) is 5.60 Å². The lowest BCUT2D eigenvalue weighted by Gasteiger charge is -2.22. The van der Waals surface area contributed by atoms with Crippen molar-refractivity contribution < 1.29 is 23.0 Å². The van der Waals surface area contributed by atoms with Gasteiger partial charge < -0.3 is 15.6 Å². The van der Waals surface area contributed by atoms with Crippen molar-refractivity contribution in [2.24, 2.45) is 0 Å². The second-order valence-corrected chi connectivity index (χ2v) is 7.05. The second kappa shape index (κ2) is 6.82. The van der Waals surface area contributed by atoms with Crippen LogP contribution in [0.5, 0.6) is 0 Å². The summed E-state index contributed by atoms with van der Waals surface area (Å²) in [5.74, 6) is -0.109. The van der Waals surface area contributed by atoms with E-state index >= 15 is 0 Å². The van der Waals surface area contributed by atoms with Gasteiger partial charge in [-0.15, -0.1) is 0 Å². The fourth-order valence-corrected chi connectivity index (χ4v) is 3.37. The third kappa shape index (κ3) is 3.56. The van der Waals surface area contributed by atoms with E-state index in [1.165, 1.54) is 24.5 Å². The van der Waals surface area contributed by atoms with Crippen LogP contribution in [-0.2, 0) is 17.5 Å². The number of pyridine rings is 1. The van der Waals surface area contributed by atoms with Crippen molar-refractivity contribution in [3.63, 3.8) is 0 Å². The van der Waals surface area contributed by atoms with Crippen molar-refractivity contribution in [2.45, 2.75) is 24.7 Å². The number of nitrogens with zero attached hydrogens (tertiary/aromatic N) is 3. The van der Waals surface area contributed by atoms with Crippen LogP contribution in [0.3, 0.4) is 0 Å². The quantitative estimate of drug-likeness (QED) is 0.691. The summed E-state index contributed by atoms with van der Waals surface area (Å²) >= 11 is 0. The molecule has 0 spiro atoms. The molecule has 0 radical (unpaired) electrons. The topological polar surface area (TPSA) is 103 Å². The number of aliphatic hydroxyl groups is 1. The molecule has 1 fully saturated rings. The molecule has 3 heterocycles. The molecule has 7 nitrogen and oxygen atoms in total. The van der Waals surface area contributed by atoms with Gasteiger partial charge in [-0.1, -0.05) is 12.1 Å². The first kappa shape index (κ1) is 19.3. The number of aromatic nitrogens is 3. The summed E-state index contributed by atoms with van der Waals surface area (Å²) in [5.41, 5.74) is 4.53. The lowest BCUT2D eigenvalue weighted by atomic mass is 10.0. The molecule has 0 aliphatic carbocycles. The average molecular weight is 406 g/mol. The normalized spacial score (nSPS) is 19.7. The zero-order valence-electron chi connectivity index (χ0n) is 15.1. The van der Waals surface area contributed by atoms with Gasteiger partial charge >= 0.3 is 6.18 Å². The van der Waals surface area contributed by atoms with E-state index in [2.05, 4.69) is 9.97 Å². The van der Waals surface area contributed by atoms with Crippen LogP contribution >= 0.6 is 0 Å². The molecule has 1 aliphatic heterocycles. The van der Waals surface area contributed by atoms with Crippen molar-refractivity contribution in [1.29, 1.82) is 0 Å². The standard InChI is InChI=1S/C19H17F3N4O3/c20-19(21,22)12-3-1-11(2-4-12)13-7-24-8-14-15(13)25-17(23)26(16(14)27)9-18(28)5-6-29-10-18/h1-4,7-8,28H,5-6,9-10H2,(H2,23,25). The Kier molecular flexibility index (Phi) is 4.55. The summed E-state index contributed by atoms with van der Waals surface area (Å²) in [5, 5.41) is 10.7. The highest BCUT2D eigenvalue weighted by atomic mass is 19.4. The van der Waals surface area contributed by atoms with E-state index < -0.39 is 22.9 Å². The van der Waals surface area contributed by atoms with Crippen LogP contribution in [-0.4, -0.2) is 38.5 Å². The van der Waals surface area contributed by atoms with E-state index in [0.717, 1.165) is 16.7 Å². The van der Waals surface area contributed by atoms with Crippen molar-refractivity contribution in [2.75, 3.05) is 18.9 Å². The van der Waals surface area contributed by atoms with Crippen LogP contribution in [0.15, 0.2) is 41.5 Å². The Hall–Kier alpha value is -2.98. The summed E-state index contributed by atoms with van der Waals surface area (Å²) < 4.78 is 44.8. The highest BCUT2D eigenvalue weighted by Gasteiger charge is 2.34. The number of rotatable bonds is 3. The molecule has 0 saturated carbocycles. The molecule has 4 rings (SSSR count). The van der Waals surface area contributed by atoms with Gasteiger partial charge in [0, 0.05) is 31.0 Å². The van der Waals surface area contributed by atoms with E-state index in [0.29, 0.717) is 24.2 Å². The molecule has 1 unspecified atom stereocenters. The van der Waals surface area contributed by atoms with E-state index in [4.69, 9.17) is 10.5 Å². The zero-order chi connectivity index (χ0) is 20.8. The van der Waals surface area contributed by atoms with Crippen molar-refractivity contribution >= 4 is 16.9 Å². The highest BCUT2D eigenvalue weighted by molar-refractivity contribution is 5.92. The smallest absolute Gasteiger partial charge is 0.386 e. The van der Waals surface area contributed by atoms with E-state index in [1.807, 2.05) is 0 Å². The van der Waals surface area contributed by atoms with Gasteiger partial charge in [-0.05, 0) is 17.7 Å². The van der Waals surface area contributed by atoms with Crippen LogP contribution < -0.4 is 11.3 Å². The lowest BCUT2D eigenvalue weighted by Crippen LogP contribution is -2.39. The fraction of sp³-hybridized carbons (Fsp3) is 0.316. The predicted molar refractivity (Wildman–Crippen MR) is 99.0 cm³/mol. The maximum atomic E-state index is 13.0. The predicted octanol–water partition coefficient (Wildman–Crippen LogP) is 2.21. The molecule has 1 aliphatic rings. The Morgan fingerprint density at radius 1 is 1.24 bits per heavy atom. The second-order valence-electron chi connectivity index (χ2n) is 7.05. The number of hydrogen-bond donors (Lipinski definition) is 2. The Labute approximate surface area is 162 Å². The average Bonchev–Trinajstić information content (AvgIpc) is 3.11. The number of benzene rings is 1. The number of nitrogen functional groups attached to an aromatic ring is 1. The lowest BCUT2D eigenvalue weighted by molar-refractivity contribution is -0.137. The first-order valence-electron chi connectivity index (χ1n) is 8.80. The first-order chi connectivity index (χ1) is 13.7. The van der Waals surface area contributed by atoms with E-state index in [-0.39, 0.29) is 30.0 Å². The van der Waals surface area contributed by atoms with Crippen LogP contribution in [0.25, 0.3) is 22.0 Å².